The number of hydrogen-bond donors (Lipinski definition) is 0. The van der Waals surface area contributed by atoms with Crippen LogP contribution in [0, 0.1) is 0 Å². The second kappa shape index (κ2) is 22.4. The number of hydrogen-bond acceptors (Lipinski definition) is 0. The summed E-state index contributed by atoms with van der Waals surface area (Å²) in [4.78, 5) is 0. The van der Waals surface area contributed by atoms with Gasteiger partial charge >= 0.3 is 0 Å². The topological polar surface area (TPSA) is 0 Å². The van der Waals surface area contributed by atoms with Crippen molar-refractivity contribution >= 4 is 12.6 Å². The van der Waals surface area contributed by atoms with Gasteiger partial charge in [0.1, 0.15) is 0 Å². The first-order valence-electron chi connectivity index (χ1n) is 11.0. The Bertz CT molecular complexity index is 170. The van der Waals surface area contributed by atoms with Crippen molar-refractivity contribution in [1.29, 1.82) is 0 Å². The largest absolute Gasteiger partial charge is 0.0942 e. The highest BCUT2D eigenvalue weighted by molar-refractivity contribution is 7.80. The molecule has 1 heteroatoms. The molecule has 0 amide bonds. The summed E-state index contributed by atoms with van der Waals surface area (Å²) >= 11 is 4.97. The SMILES string of the molecule is CCCCCCCCCCCCCCCCCCCCCC[S]. The van der Waals surface area contributed by atoms with E-state index >= 15 is 0 Å². The maximum absolute atomic E-state index is 4.97. The van der Waals surface area contributed by atoms with E-state index in [9.17, 15) is 0 Å². The van der Waals surface area contributed by atoms with Crippen LogP contribution in [-0.4, -0.2) is 5.75 Å². The predicted octanol–water partition coefficient (Wildman–Crippen LogP) is 9.01. The first-order chi connectivity index (χ1) is 11.4. The third-order valence-electron chi connectivity index (χ3n) is 5.00. The van der Waals surface area contributed by atoms with Crippen LogP contribution in [0.1, 0.15) is 135 Å². The van der Waals surface area contributed by atoms with Crippen LogP contribution in [0.4, 0.5) is 0 Å². The molecule has 0 saturated carbocycles. The average Bonchev–Trinajstić information content (AvgIpc) is 2.57. The Labute approximate surface area is 154 Å². The van der Waals surface area contributed by atoms with E-state index in [1.165, 1.54) is 128 Å². The second-order valence-corrected chi connectivity index (χ2v) is 7.83. The predicted molar refractivity (Wildman–Crippen MR) is 110 cm³/mol. The van der Waals surface area contributed by atoms with Crippen LogP contribution >= 0.6 is 12.6 Å². The van der Waals surface area contributed by atoms with Gasteiger partial charge in [-0.1, -0.05) is 142 Å². The summed E-state index contributed by atoms with van der Waals surface area (Å²) in [5.74, 6) is 0.957. The zero-order valence-electron chi connectivity index (χ0n) is 16.3. The summed E-state index contributed by atoms with van der Waals surface area (Å²) in [6, 6.07) is 0. The van der Waals surface area contributed by atoms with E-state index in [4.69, 9.17) is 12.6 Å². The van der Waals surface area contributed by atoms with Crippen molar-refractivity contribution in [2.24, 2.45) is 0 Å². The first-order valence-corrected chi connectivity index (χ1v) is 11.6. The van der Waals surface area contributed by atoms with Gasteiger partial charge in [0.15, 0.2) is 0 Å². The molecule has 0 aromatic rings. The summed E-state index contributed by atoms with van der Waals surface area (Å²) in [6.45, 7) is 2.30. The quantitative estimate of drug-likeness (QED) is 0.194. The Morgan fingerprint density at radius 2 is 0.565 bits per heavy atom. The van der Waals surface area contributed by atoms with Gasteiger partial charge < -0.3 is 0 Å². The lowest BCUT2D eigenvalue weighted by molar-refractivity contribution is 0.523. The molecule has 0 unspecified atom stereocenters. The lowest BCUT2D eigenvalue weighted by atomic mass is 10.0. The lowest BCUT2D eigenvalue weighted by Crippen LogP contribution is -1.84. The molecule has 0 rings (SSSR count). The van der Waals surface area contributed by atoms with Crippen LogP contribution in [0.25, 0.3) is 0 Å². The van der Waals surface area contributed by atoms with Crippen LogP contribution in [0.5, 0.6) is 0 Å². The zero-order valence-corrected chi connectivity index (χ0v) is 17.1. The lowest BCUT2D eigenvalue weighted by Gasteiger charge is -2.03. The molecule has 0 aliphatic carbocycles. The Morgan fingerprint density at radius 3 is 0.783 bits per heavy atom. The molecule has 0 fully saturated rings. The Kier molecular flexibility index (Phi) is 22.7. The molecule has 0 spiro atoms. The third kappa shape index (κ3) is 22.4. The number of rotatable bonds is 20. The normalized spacial score (nSPS) is 11.2. The smallest absolute Gasteiger partial charge is 0.00369 e. The average molecular weight is 342 g/mol. The molecule has 0 aromatic heterocycles. The first kappa shape index (κ1) is 23.4. The maximum Gasteiger partial charge on any atom is 0.00369 e. The Balaban J connectivity index is 2.92. The molecular formula is C22H45S. The van der Waals surface area contributed by atoms with Gasteiger partial charge in [0.25, 0.3) is 0 Å². The van der Waals surface area contributed by atoms with E-state index < -0.39 is 0 Å². The highest BCUT2D eigenvalue weighted by Crippen LogP contribution is 2.14. The van der Waals surface area contributed by atoms with Gasteiger partial charge in [-0.15, -0.1) is 0 Å². The molecule has 0 aliphatic heterocycles. The van der Waals surface area contributed by atoms with Crippen molar-refractivity contribution in [3.05, 3.63) is 0 Å². The second-order valence-electron chi connectivity index (χ2n) is 7.42. The van der Waals surface area contributed by atoms with E-state index in [1.54, 1.807) is 0 Å². The van der Waals surface area contributed by atoms with Gasteiger partial charge in [0, 0.05) is 5.75 Å². The summed E-state index contributed by atoms with van der Waals surface area (Å²) in [6.07, 6.45) is 28.9. The summed E-state index contributed by atoms with van der Waals surface area (Å²) < 4.78 is 0. The zero-order chi connectivity index (χ0) is 16.8. The fourth-order valence-electron chi connectivity index (χ4n) is 3.36. The Morgan fingerprint density at radius 1 is 0.348 bits per heavy atom. The van der Waals surface area contributed by atoms with Gasteiger partial charge in [-0.25, -0.2) is 0 Å². The minimum absolute atomic E-state index is 0.957. The molecule has 23 heavy (non-hydrogen) atoms. The third-order valence-corrected chi connectivity index (χ3v) is 5.29. The molecule has 0 saturated heterocycles. The minimum Gasteiger partial charge on any atom is -0.0942 e. The van der Waals surface area contributed by atoms with Crippen LogP contribution in [0.2, 0.25) is 0 Å². The molecule has 0 aliphatic rings. The summed E-state index contributed by atoms with van der Waals surface area (Å²) in [5, 5.41) is 0. The van der Waals surface area contributed by atoms with Crippen molar-refractivity contribution in [3.63, 3.8) is 0 Å². The van der Waals surface area contributed by atoms with E-state index in [1.807, 2.05) is 0 Å². The van der Waals surface area contributed by atoms with Crippen LogP contribution in [0.3, 0.4) is 0 Å². The Hall–Kier alpha value is 0.350. The van der Waals surface area contributed by atoms with Crippen molar-refractivity contribution in [2.75, 3.05) is 5.75 Å². The maximum atomic E-state index is 4.97. The molecule has 0 aromatic carbocycles. The standard InChI is InChI=1S/C22H45S/c1-2-3-4-5-6-7-8-9-10-11-12-13-14-15-16-17-18-19-20-21-22-23/h2-22H2,1H3. The molecule has 139 valence electrons. The fraction of sp³-hybridized carbons (Fsp3) is 1.00. The van der Waals surface area contributed by atoms with Crippen molar-refractivity contribution < 1.29 is 0 Å². The summed E-state index contributed by atoms with van der Waals surface area (Å²) in [7, 11) is 0. The highest BCUT2D eigenvalue weighted by atomic mass is 32.1. The van der Waals surface area contributed by atoms with E-state index in [-0.39, 0.29) is 0 Å². The van der Waals surface area contributed by atoms with Crippen LogP contribution < -0.4 is 0 Å². The molecular weight excluding hydrogens is 296 g/mol. The molecule has 0 nitrogen and oxygen atoms in total. The molecule has 0 bridgehead atoms. The molecule has 1 radical (unpaired) electrons. The summed E-state index contributed by atoms with van der Waals surface area (Å²) in [5.41, 5.74) is 0. The van der Waals surface area contributed by atoms with Crippen molar-refractivity contribution in [3.8, 4) is 0 Å². The number of unbranched alkanes of at least 4 members (excludes halogenated alkanes) is 19. The van der Waals surface area contributed by atoms with Gasteiger partial charge in [-0.2, -0.15) is 0 Å². The van der Waals surface area contributed by atoms with E-state index in [0.717, 1.165) is 5.75 Å². The van der Waals surface area contributed by atoms with E-state index in [0.29, 0.717) is 0 Å². The van der Waals surface area contributed by atoms with Gasteiger partial charge in [0.05, 0.1) is 0 Å². The van der Waals surface area contributed by atoms with Gasteiger partial charge in [-0.05, 0) is 6.42 Å². The molecule has 0 heterocycles. The minimum atomic E-state index is 0.957. The highest BCUT2D eigenvalue weighted by Gasteiger charge is 1.95. The molecule has 0 atom stereocenters. The fourth-order valence-corrected chi connectivity index (χ4v) is 3.56. The monoisotopic (exact) mass is 341 g/mol. The van der Waals surface area contributed by atoms with Crippen molar-refractivity contribution in [1.82, 2.24) is 0 Å². The van der Waals surface area contributed by atoms with Gasteiger partial charge in [-0.3, -0.25) is 0 Å². The van der Waals surface area contributed by atoms with Gasteiger partial charge in [0.2, 0.25) is 0 Å². The van der Waals surface area contributed by atoms with Crippen molar-refractivity contribution in [2.45, 2.75) is 135 Å². The van der Waals surface area contributed by atoms with Crippen LogP contribution in [0.15, 0.2) is 0 Å². The molecule has 0 N–H and O–H groups in total. The van der Waals surface area contributed by atoms with E-state index in [2.05, 4.69) is 6.92 Å². The van der Waals surface area contributed by atoms with Crippen LogP contribution in [-0.2, 0) is 0 Å².